The summed E-state index contributed by atoms with van der Waals surface area (Å²) in [5, 5.41) is 13.8. The van der Waals surface area contributed by atoms with E-state index in [4.69, 9.17) is 0 Å². The largest absolute Gasteiger partial charge is 0.356 e. The summed E-state index contributed by atoms with van der Waals surface area (Å²) < 4.78 is 1.76. The number of amides is 1. The number of rotatable bonds is 7. The minimum atomic E-state index is 0.0689. The fraction of sp³-hybridized carbons (Fsp3) is 0.462. The van der Waals surface area contributed by atoms with E-state index in [2.05, 4.69) is 20.6 Å². The number of aryl methyl sites for hydroxylation is 3. The zero-order valence-corrected chi connectivity index (χ0v) is 11.1. The van der Waals surface area contributed by atoms with Gasteiger partial charge in [-0.2, -0.15) is 10.2 Å². The molecule has 2 rings (SSSR count). The van der Waals surface area contributed by atoms with Crippen molar-refractivity contribution in [2.24, 2.45) is 0 Å². The molecule has 0 spiro atoms. The fourth-order valence-corrected chi connectivity index (χ4v) is 1.87. The molecule has 2 aromatic rings. The molecule has 0 bridgehead atoms. The lowest BCUT2D eigenvalue weighted by molar-refractivity contribution is -0.121. The van der Waals surface area contributed by atoms with Crippen molar-refractivity contribution in [3.8, 4) is 0 Å². The Hall–Kier alpha value is -2.11. The van der Waals surface area contributed by atoms with Gasteiger partial charge in [0.2, 0.25) is 5.91 Å². The summed E-state index contributed by atoms with van der Waals surface area (Å²) in [5.41, 5.74) is 2.32. The van der Waals surface area contributed by atoms with Crippen LogP contribution in [0.25, 0.3) is 0 Å². The Balaban J connectivity index is 1.58. The van der Waals surface area contributed by atoms with Crippen LogP contribution in [0.3, 0.4) is 0 Å². The summed E-state index contributed by atoms with van der Waals surface area (Å²) in [6.45, 7) is 3.33. The Morgan fingerprint density at radius 1 is 1.53 bits per heavy atom. The molecule has 0 aliphatic rings. The highest BCUT2D eigenvalue weighted by Gasteiger charge is 2.03. The summed E-state index contributed by atoms with van der Waals surface area (Å²) in [7, 11) is 0. The first-order valence-electron chi connectivity index (χ1n) is 6.48. The highest BCUT2D eigenvalue weighted by atomic mass is 16.1. The van der Waals surface area contributed by atoms with Crippen molar-refractivity contribution in [1.82, 2.24) is 25.3 Å². The molecule has 0 aliphatic carbocycles. The van der Waals surface area contributed by atoms with E-state index in [-0.39, 0.29) is 5.91 Å². The number of carbonyl (C=O) groups excluding carboxylic acids is 1. The van der Waals surface area contributed by atoms with E-state index in [0.29, 0.717) is 19.5 Å². The van der Waals surface area contributed by atoms with Gasteiger partial charge in [-0.15, -0.1) is 0 Å². The first-order chi connectivity index (χ1) is 9.25. The molecule has 0 aliphatic heterocycles. The number of aromatic amines is 1. The molecule has 1 amide bonds. The number of carbonyl (C=O) groups is 1. The van der Waals surface area contributed by atoms with Gasteiger partial charge in [0.15, 0.2) is 0 Å². The van der Waals surface area contributed by atoms with Crippen molar-refractivity contribution < 1.29 is 4.79 Å². The molecule has 0 atom stereocenters. The van der Waals surface area contributed by atoms with E-state index < -0.39 is 0 Å². The summed E-state index contributed by atoms with van der Waals surface area (Å²) in [4.78, 5) is 11.6. The molecule has 2 heterocycles. The van der Waals surface area contributed by atoms with Crippen molar-refractivity contribution in [3.05, 3.63) is 35.9 Å². The Morgan fingerprint density at radius 2 is 2.42 bits per heavy atom. The summed E-state index contributed by atoms with van der Waals surface area (Å²) >= 11 is 0. The lowest BCUT2D eigenvalue weighted by Crippen LogP contribution is -2.25. The zero-order chi connectivity index (χ0) is 13.5. The van der Waals surface area contributed by atoms with Gasteiger partial charge in [0.25, 0.3) is 0 Å². The van der Waals surface area contributed by atoms with Gasteiger partial charge in [-0.3, -0.25) is 14.6 Å². The molecule has 6 heteroatoms. The molecule has 0 fully saturated rings. The van der Waals surface area contributed by atoms with Gasteiger partial charge in [0.05, 0.1) is 6.20 Å². The molecular weight excluding hydrogens is 242 g/mol. The fourth-order valence-electron chi connectivity index (χ4n) is 1.87. The van der Waals surface area contributed by atoms with Gasteiger partial charge >= 0.3 is 0 Å². The van der Waals surface area contributed by atoms with Crippen LogP contribution in [0.1, 0.15) is 24.1 Å². The first kappa shape index (κ1) is 13.3. The average Bonchev–Trinajstić information content (AvgIpc) is 3.04. The summed E-state index contributed by atoms with van der Waals surface area (Å²) in [6, 6.07) is 1.85. The number of nitrogens with zero attached hydrogens (tertiary/aromatic N) is 3. The van der Waals surface area contributed by atoms with Crippen LogP contribution >= 0.6 is 0 Å². The molecule has 2 aromatic heterocycles. The Kier molecular flexibility index (Phi) is 4.72. The number of hydrogen-bond acceptors (Lipinski definition) is 3. The van der Waals surface area contributed by atoms with Gasteiger partial charge in [-0.25, -0.2) is 0 Å². The zero-order valence-electron chi connectivity index (χ0n) is 11.1. The van der Waals surface area contributed by atoms with Crippen LogP contribution < -0.4 is 5.32 Å². The van der Waals surface area contributed by atoms with Crippen LogP contribution in [0, 0.1) is 6.92 Å². The number of nitrogens with one attached hydrogen (secondary N) is 2. The van der Waals surface area contributed by atoms with Crippen molar-refractivity contribution in [2.75, 3.05) is 6.54 Å². The molecule has 2 N–H and O–H groups in total. The molecule has 0 radical (unpaired) electrons. The molecule has 0 aromatic carbocycles. The third-order valence-corrected chi connectivity index (χ3v) is 3.01. The summed E-state index contributed by atoms with van der Waals surface area (Å²) in [5.74, 6) is 0.0689. The van der Waals surface area contributed by atoms with Gasteiger partial charge in [-0.05, 0) is 31.4 Å². The second-order valence-electron chi connectivity index (χ2n) is 4.49. The number of aromatic nitrogens is 4. The Bertz CT molecular complexity index is 503. The van der Waals surface area contributed by atoms with Gasteiger partial charge < -0.3 is 5.32 Å². The van der Waals surface area contributed by atoms with Crippen molar-refractivity contribution in [3.63, 3.8) is 0 Å². The third kappa shape index (κ3) is 4.24. The summed E-state index contributed by atoms with van der Waals surface area (Å²) in [6.07, 6.45) is 7.73. The predicted octanol–water partition coefficient (Wildman–Crippen LogP) is 1.05. The molecule has 102 valence electrons. The second-order valence-corrected chi connectivity index (χ2v) is 4.49. The molecule has 0 unspecified atom stereocenters. The highest BCUT2D eigenvalue weighted by molar-refractivity contribution is 5.75. The van der Waals surface area contributed by atoms with Crippen molar-refractivity contribution in [1.29, 1.82) is 0 Å². The SMILES string of the molecule is Cc1[nH]ncc1CCCNC(=O)CCn1cccn1. The van der Waals surface area contributed by atoms with Crippen LogP contribution in [0.2, 0.25) is 0 Å². The molecule has 19 heavy (non-hydrogen) atoms. The van der Waals surface area contributed by atoms with Gasteiger partial charge in [-0.1, -0.05) is 0 Å². The normalized spacial score (nSPS) is 10.6. The quantitative estimate of drug-likeness (QED) is 0.732. The van der Waals surface area contributed by atoms with E-state index in [0.717, 1.165) is 18.5 Å². The van der Waals surface area contributed by atoms with Gasteiger partial charge in [0.1, 0.15) is 0 Å². The lowest BCUT2D eigenvalue weighted by atomic mass is 10.1. The van der Waals surface area contributed by atoms with Crippen LogP contribution in [0.15, 0.2) is 24.7 Å². The first-order valence-corrected chi connectivity index (χ1v) is 6.48. The van der Waals surface area contributed by atoms with E-state index >= 15 is 0 Å². The van der Waals surface area contributed by atoms with E-state index in [1.54, 1.807) is 10.9 Å². The van der Waals surface area contributed by atoms with Crippen LogP contribution in [-0.4, -0.2) is 32.4 Å². The van der Waals surface area contributed by atoms with Crippen LogP contribution in [0.4, 0.5) is 0 Å². The standard InChI is InChI=1S/C13H19N5O/c1-11-12(10-15-17-11)4-2-6-14-13(19)5-9-18-8-3-7-16-18/h3,7-8,10H,2,4-6,9H2,1H3,(H,14,19)(H,15,17). The second kappa shape index (κ2) is 6.72. The van der Waals surface area contributed by atoms with Gasteiger partial charge in [0, 0.05) is 37.6 Å². The van der Waals surface area contributed by atoms with Crippen LogP contribution in [0.5, 0.6) is 0 Å². The van der Waals surface area contributed by atoms with E-state index in [9.17, 15) is 4.79 Å². The van der Waals surface area contributed by atoms with Crippen molar-refractivity contribution >= 4 is 5.91 Å². The number of hydrogen-bond donors (Lipinski definition) is 2. The monoisotopic (exact) mass is 261 g/mol. The lowest BCUT2D eigenvalue weighted by Gasteiger charge is -2.05. The molecular formula is C13H19N5O. The highest BCUT2D eigenvalue weighted by Crippen LogP contribution is 2.04. The molecule has 0 saturated carbocycles. The van der Waals surface area contributed by atoms with Crippen LogP contribution in [-0.2, 0) is 17.8 Å². The molecule has 6 nitrogen and oxygen atoms in total. The minimum Gasteiger partial charge on any atom is -0.356 e. The minimum absolute atomic E-state index is 0.0689. The topological polar surface area (TPSA) is 75.6 Å². The maximum atomic E-state index is 11.6. The Morgan fingerprint density at radius 3 is 3.11 bits per heavy atom. The third-order valence-electron chi connectivity index (χ3n) is 3.01. The average molecular weight is 261 g/mol. The van der Waals surface area contributed by atoms with E-state index in [1.165, 1.54) is 5.56 Å². The van der Waals surface area contributed by atoms with Crippen molar-refractivity contribution in [2.45, 2.75) is 32.7 Å². The predicted molar refractivity (Wildman–Crippen MR) is 71.5 cm³/mol. The Labute approximate surface area is 112 Å². The smallest absolute Gasteiger partial charge is 0.221 e. The maximum absolute atomic E-state index is 11.6. The van der Waals surface area contributed by atoms with E-state index in [1.807, 2.05) is 25.4 Å². The maximum Gasteiger partial charge on any atom is 0.221 e. The molecule has 0 saturated heterocycles. The number of H-pyrrole nitrogens is 1.